The Hall–Kier alpha value is -0.580. The van der Waals surface area contributed by atoms with Crippen LogP contribution in [0.2, 0.25) is 4.34 Å². The minimum atomic E-state index is -0.305. The van der Waals surface area contributed by atoms with Crippen molar-refractivity contribution in [3.63, 3.8) is 0 Å². The number of carbonyl (C=O) groups is 1. The molecule has 1 aromatic heterocycles. The van der Waals surface area contributed by atoms with Crippen LogP contribution in [0.4, 0.5) is 0 Å². The summed E-state index contributed by atoms with van der Waals surface area (Å²) in [7, 11) is 0. The fourth-order valence-electron chi connectivity index (χ4n) is 2.67. The molecule has 0 spiro atoms. The smallest absolute Gasteiger partial charge is 0.225 e. The Balaban J connectivity index is 1.80. The number of piperidine rings is 1. The van der Waals surface area contributed by atoms with E-state index in [2.05, 4.69) is 24.5 Å². The molecule has 0 aromatic carbocycles. The minimum absolute atomic E-state index is 0.161. The van der Waals surface area contributed by atoms with Crippen molar-refractivity contribution in [2.75, 3.05) is 19.6 Å². The van der Waals surface area contributed by atoms with Gasteiger partial charge in [0.15, 0.2) is 0 Å². The van der Waals surface area contributed by atoms with Crippen LogP contribution >= 0.6 is 22.9 Å². The molecular formula is C15H23ClN2OS. The van der Waals surface area contributed by atoms with Crippen molar-refractivity contribution in [1.82, 2.24) is 10.6 Å². The lowest BCUT2D eigenvalue weighted by Gasteiger charge is -2.36. The summed E-state index contributed by atoms with van der Waals surface area (Å²) in [4.78, 5) is 13.6. The summed E-state index contributed by atoms with van der Waals surface area (Å²) >= 11 is 7.48. The minimum Gasteiger partial charge on any atom is -0.355 e. The first-order valence-corrected chi connectivity index (χ1v) is 8.43. The zero-order valence-corrected chi connectivity index (χ0v) is 13.7. The Morgan fingerprint density at radius 2 is 2.35 bits per heavy atom. The molecule has 1 aliphatic rings. The van der Waals surface area contributed by atoms with E-state index in [1.165, 1.54) is 4.88 Å². The van der Waals surface area contributed by atoms with Crippen molar-refractivity contribution in [1.29, 1.82) is 0 Å². The highest BCUT2D eigenvalue weighted by Crippen LogP contribution is 2.32. The molecule has 1 atom stereocenters. The molecule has 0 bridgehead atoms. The van der Waals surface area contributed by atoms with Gasteiger partial charge in [-0.2, -0.15) is 0 Å². The average molecular weight is 315 g/mol. The first-order valence-electron chi connectivity index (χ1n) is 7.23. The van der Waals surface area contributed by atoms with Gasteiger partial charge in [-0.1, -0.05) is 25.4 Å². The maximum atomic E-state index is 12.4. The topological polar surface area (TPSA) is 41.1 Å². The quantitative estimate of drug-likeness (QED) is 0.877. The molecule has 1 aromatic rings. The predicted octanol–water partition coefficient (Wildman–Crippen LogP) is 3.09. The molecule has 1 unspecified atom stereocenters. The zero-order chi connectivity index (χ0) is 14.6. The van der Waals surface area contributed by atoms with Crippen molar-refractivity contribution in [2.45, 2.75) is 33.1 Å². The molecule has 20 heavy (non-hydrogen) atoms. The number of hydrogen-bond donors (Lipinski definition) is 2. The van der Waals surface area contributed by atoms with Gasteiger partial charge in [-0.3, -0.25) is 4.79 Å². The van der Waals surface area contributed by atoms with Gasteiger partial charge in [0.25, 0.3) is 0 Å². The molecule has 1 amide bonds. The summed E-state index contributed by atoms with van der Waals surface area (Å²) in [5, 5.41) is 6.46. The number of thiophene rings is 1. The first kappa shape index (κ1) is 15.8. The normalized spacial score (nSPS) is 19.9. The molecule has 112 valence electrons. The summed E-state index contributed by atoms with van der Waals surface area (Å²) in [6, 6.07) is 3.93. The molecule has 1 fully saturated rings. The highest BCUT2D eigenvalue weighted by molar-refractivity contribution is 7.16. The maximum Gasteiger partial charge on any atom is 0.225 e. The van der Waals surface area contributed by atoms with Gasteiger partial charge in [0.05, 0.1) is 4.34 Å². The first-order chi connectivity index (χ1) is 9.50. The van der Waals surface area contributed by atoms with E-state index in [9.17, 15) is 4.79 Å². The van der Waals surface area contributed by atoms with Crippen LogP contribution in [0.25, 0.3) is 0 Å². The Kier molecular flexibility index (Phi) is 5.47. The van der Waals surface area contributed by atoms with E-state index in [4.69, 9.17) is 11.6 Å². The molecular weight excluding hydrogens is 292 g/mol. The van der Waals surface area contributed by atoms with E-state index in [0.717, 1.165) is 36.7 Å². The molecule has 0 saturated carbocycles. The van der Waals surface area contributed by atoms with E-state index < -0.39 is 0 Å². The van der Waals surface area contributed by atoms with Gasteiger partial charge in [-0.25, -0.2) is 0 Å². The van der Waals surface area contributed by atoms with Crippen molar-refractivity contribution >= 4 is 28.8 Å². The summed E-state index contributed by atoms with van der Waals surface area (Å²) in [5.41, 5.74) is -0.305. The van der Waals surface area contributed by atoms with Gasteiger partial charge in [0, 0.05) is 16.8 Å². The van der Waals surface area contributed by atoms with E-state index in [1.807, 2.05) is 12.1 Å². The summed E-state index contributed by atoms with van der Waals surface area (Å²) in [5.74, 6) is 0.585. The molecule has 0 aliphatic carbocycles. The fraction of sp³-hybridized carbons (Fsp3) is 0.667. The fourth-order valence-corrected chi connectivity index (χ4v) is 3.75. The van der Waals surface area contributed by atoms with E-state index in [0.29, 0.717) is 12.5 Å². The number of carbonyl (C=O) groups excluding carboxylic acids is 1. The van der Waals surface area contributed by atoms with Crippen molar-refractivity contribution in [2.24, 2.45) is 11.3 Å². The Morgan fingerprint density at radius 1 is 1.55 bits per heavy atom. The molecule has 2 heterocycles. The van der Waals surface area contributed by atoms with Crippen LogP contribution in [0.5, 0.6) is 0 Å². The van der Waals surface area contributed by atoms with Crippen LogP contribution in [0.3, 0.4) is 0 Å². The Bertz CT molecular complexity index is 452. The lowest BCUT2D eigenvalue weighted by Crippen LogP contribution is -2.47. The molecule has 3 nitrogen and oxygen atoms in total. The van der Waals surface area contributed by atoms with Crippen LogP contribution in [0.15, 0.2) is 12.1 Å². The van der Waals surface area contributed by atoms with Gasteiger partial charge in [0.1, 0.15) is 0 Å². The lowest BCUT2D eigenvalue weighted by atomic mass is 9.74. The number of hydrogen-bond acceptors (Lipinski definition) is 3. The highest BCUT2D eigenvalue weighted by Gasteiger charge is 2.36. The van der Waals surface area contributed by atoms with Crippen LogP contribution < -0.4 is 10.6 Å². The van der Waals surface area contributed by atoms with Crippen LogP contribution in [-0.4, -0.2) is 25.5 Å². The van der Waals surface area contributed by atoms with Gasteiger partial charge in [-0.15, -0.1) is 11.3 Å². The molecule has 2 rings (SSSR count). The molecule has 5 heteroatoms. The van der Waals surface area contributed by atoms with Gasteiger partial charge < -0.3 is 10.6 Å². The third-order valence-electron chi connectivity index (χ3n) is 4.19. The van der Waals surface area contributed by atoms with Crippen LogP contribution in [-0.2, 0) is 11.2 Å². The highest BCUT2D eigenvalue weighted by atomic mass is 35.5. The maximum absolute atomic E-state index is 12.4. The zero-order valence-electron chi connectivity index (χ0n) is 12.2. The largest absolute Gasteiger partial charge is 0.355 e. The summed E-state index contributed by atoms with van der Waals surface area (Å²) < 4.78 is 0.805. The molecule has 1 aliphatic heterocycles. The second-order valence-corrected chi connectivity index (χ2v) is 7.78. The van der Waals surface area contributed by atoms with E-state index in [-0.39, 0.29) is 11.3 Å². The van der Waals surface area contributed by atoms with Crippen LogP contribution in [0.1, 0.15) is 31.6 Å². The van der Waals surface area contributed by atoms with Gasteiger partial charge >= 0.3 is 0 Å². The number of halogens is 1. The van der Waals surface area contributed by atoms with E-state index in [1.54, 1.807) is 11.3 Å². The number of amides is 1. The SMILES string of the molecule is CC(C)(C(=O)NCCc1ccc(Cl)s1)C1CCCNC1. The predicted molar refractivity (Wildman–Crippen MR) is 85.4 cm³/mol. The number of nitrogens with one attached hydrogen (secondary N) is 2. The summed E-state index contributed by atoms with van der Waals surface area (Å²) in [6.45, 7) is 6.82. The third-order valence-corrected chi connectivity index (χ3v) is 5.48. The van der Waals surface area contributed by atoms with Crippen molar-refractivity contribution in [3.8, 4) is 0 Å². The van der Waals surface area contributed by atoms with Crippen LogP contribution in [0, 0.1) is 11.3 Å². The number of rotatable bonds is 5. The molecule has 0 radical (unpaired) electrons. The molecule has 2 N–H and O–H groups in total. The Labute approximate surface area is 130 Å². The second kappa shape index (κ2) is 6.92. The molecule has 1 saturated heterocycles. The van der Waals surface area contributed by atoms with Crippen molar-refractivity contribution < 1.29 is 4.79 Å². The standard InChI is InChI=1S/C15H23ClN2OS/c1-15(2,11-4-3-8-17-10-11)14(19)18-9-7-12-5-6-13(16)20-12/h5-6,11,17H,3-4,7-10H2,1-2H3,(H,18,19). The van der Waals surface area contributed by atoms with Crippen molar-refractivity contribution in [3.05, 3.63) is 21.3 Å². The monoisotopic (exact) mass is 314 g/mol. The third kappa shape index (κ3) is 3.96. The van der Waals surface area contributed by atoms with Gasteiger partial charge in [-0.05, 0) is 50.4 Å². The lowest BCUT2D eigenvalue weighted by molar-refractivity contribution is -0.132. The second-order valence-electron chi connectivity index (χ2n) is 5.98. The van der Waals surface area contributed by atoms with E-state index >= 15 is 0 Å². The average Bonchev–Trinajstić information content (AvgIpc) is 2.85. The van der Waals surface area contributed by atoms with Gasteiger partial charge in [0.2, 0.25) is 5.91 Å². The summed E-state index contributed by atoms with van der Waals surface area (Å²) in [6.07, 6.45) is 3.14. The Morgan fingerprint density at radius 3 is 2.95 bits per heavy atom.